The van der Waals surface area contributed by atoms with Crippen LogP contribution in [0, 0.1) is 5.92 Å². The SMILES string of the molecule is CN1CC(C(=O)NC2CCc3n[nH]c(=O)cc3C2)CC1=O. The molecule has 112 valence electrons. The molecular formula is C14H18N4O3. The van der Waals surface area contributed by atoms with Crippen molar-refractivity contribution in [3.8, 4) is 0 Å². The van der Waals surface area contributed by atoms with E-state index in [2.05, 4.69) is 15.5 Å². The third-order valence-electron chi connectivity index (χ3n) is 4.23. The molecule has 0 bridgehead atoms. The van der Waals surface area contributed by atoms with Gasteiger partial charge in [0.25, 0.3) is 5.56 Å². The summed E-state index contributed by atoms with van der Waals surface area (Å²) in [5.41, 5.74) is 1.58. The van der Waals surface area contributed by atoms with E-state index in [9.17, 15) is 14.4 Å². The molecule has 1 aromatic rings. The molecule has 1 aliphatic carbocycles. The number of likely N-dealkylation sites (tertiary alicyclic amines) is 1. The molecule has 2 aliphatic rings. The van der Waals surface area contributed by atoms with Crippen LogP contribution in [0.3, 0.4) is 0 Å². The van der Waals surface area contributed by atoms with Crippen LogP contribution in [0.4, 0.5) is 0 Å². The zero-order valence-corrected chi connectivity index (χ0v) is 11.9. The Labute approximate surface area is 121 Å². The summed E-state index contributed by atoms with van der Waals surface area (Å²) in [6.45, 7) is 0.481. The lowest BCUT2D eigenvalue weighted by atomic mass is 9.92. The molecule has 0 radical (unpaired) electrons. The van der Waals surface area contributed by atoms with Gasteiger partial charge in [-0.2, -0.15) is 5.10 Å². The highest BCUT2D eigenvalue weighted by Crippen LogP contribution is 2.20. The fourth-order valence-corrected chi connectivity index (χ4v) is 3.02. The van der Waals surface area contributed by atoms with Gasteiger partial charge in [-0.25, -0.2) is 5.10 Å². The summed E-state index contributed by atoms with van der Waals surface area (Å²) in [6, 6.07) is 1.56. The first-order valence-corrected chi connectivity index (χ1v) is 7.14. The lowest BCUT2D eigenvalue weighted by molar-refractivity contribution is -0.128. The summed E-state index contributed by atoms with van der Waals surface area (Å²) in [5.74, 6) is -0.319. The minimum absolute atomic E-state index is 0.00890. The quantitative estimate of drug-likeness (QED) is 0.747. The average Bonchev–Trinajstić information content (AvgIpc) is 2.78. The van der Waals surface area contributed by atoms with Gasteiger partial charge in [-0.15, -0.1) is 0 Å². The van der Waals surface area contributed by atoms with Crippen LogP contribution in [0.25, 0.3) is 0 Å². The second-order valence-electron chi connectivity index (χ2n) is 5.83. The molecule has 0 saturated carbocycles. The Hall–Kier alpha value is -2.18. The lowest BCUT2D eigenvalue weighted by Gasteiger charge is -2.25. The summed E-state index contributed by atoms with van der Waals surface area (Å²) in [7, 11) is 1.71. The summed E-state index contributed by atoms with van der Waals surface area (Å²) in [5, 5.41) is 9.47. The van der Waals surface area contributed by atoms with Crippen molar-refractivity contribution in [1.82, 2.24) is 20.4 Å². The minimum Gasteiger partial charge on any atom is -0.353 e. The van der Waals surface area contributed by atoms with Gasteiger partial charge in [-0.3, -0.25) is 14.4 Å². The van der Waals surface area contributed by atoms with Crippen molar-refractivity contribution >= 4 is 11.8 Å². The molecule has 2 N–H and O–H groups in total. The minimum atomic E-state index is -0.263. The highest BCUT2D eigenvalue weighted by molar-refractivity contribution is 5.89. The number of aryl methyl sites for hydroxylation is 1. The third-order valence-corrected chi connectivity index (χ3v) is 4.23. The highest BCUT2D eigenvalue weighted by Gasteiger charge is 2.33. The van der Waals surface area contributed by atoms with Crippen LogP contribution >= 0.6 is 0 Å². The normalized spacial score (nSPS) is 24.8. The molecule has 2 atom stereocenters. The van der Waals surface area contributed by atoms with Crippen LogP contribution in [0.5, 0.6) is 0 Å². The van der Waals surface area contributed by atoms with E-state index in [4.69, 9.17) is 0 Å². The smallest absolute Gasteiger partial charge is 0.264 e. The fraction of sp³-hybridized carbons (Fsp3) is 0.571. The average molecular weight is 290 g/mol. The van der Waals surface area contributed by atoms with E-state index in [0.717, 1.165) is 24.1 Å². The number of amides is 2. The zero-order chi connectivity index (χ0) is 15.0. The maximum atomic E-state index is 12.2. The van der Waals surface area contributed by atoms with Gasteiger partial charge in [0, 0.05) is 32.1 Å². The molecular weight excluding hydrogens is 272 g/mol. The Bertz CT molecular complexity index is 639. The maximum Gasteiger partial charge on any atom is 0.264 e. The van der Waals surface area contributed by atoms with Crippen molar-refractivity contribution in [2.45, 2.75) is 31.7 Å². The molecule has 7 heteroatoms. The van der Waals surface area contributed by atoms with Gasteiger partial charge in [0.15, 0.2) is 0 Å². The van der Waals surface area contributed by atoms with Crippen LogP contribution < -0.4 is 10.9 Å². The second-order valence-corrected chi connectivity index (χ2v) is 5.83. The van der Waals surface area contributed by atoms with E-state index in [1.165, 1.54) is 0 Å². The molecule has 1 fully saturated rings. The van der Waals surface area contributed by atoms with Gasteiger partial charge >= 0.3 is 0 Å². The molecule has 7 nitrogen and oxygen atoms in total. The molecule has 21 heavy (non-hydrogen) atoms. The van der Waals surface area contributed by atoms with E-state index < -0.39 is 0 Å². The van der Waals surface area contributed by atoms with Gasteiger partial charge in [-0.1, -0.05) is 0 Å². The fourth-order valence-electron chi connectivity index (χ4n) is 3.02. The second kappa shape index (κ2) is 5.31. The number of nitrogens with one attached hydrogen (secondary N) is 2. The Morgan fingerprint density at radius 3 is 2.95 bits per heavy atom. The summed E-state index contributed by atoms with van der Waals surface area (Å²) < 4.78 is 0. The first-order chi connectivity index (χ1) is 10.0. The van der Waals surface area contributed by atoms with E-state index in [0.29, 0.717) is 13.0 Å². The Morgan fingerprint density at radius 2 is 2.24 bits per heavy atom. The molecule has 1 aromatic heterocycles. The van der Waals surface area contributed by atoms with E-state index in [-0.39, 0.29) is 35.8 Å². The first-order valence-electron chi connectivity index (χ1n) is 7.14. The number of hydrogen-bond acceptors (Lipinski definition) is 4. The molecule has 1 saturated heterocycles. The summed E-state index contributed by atoms with van der Waals surface area (Å²) >= 11 is 0. The van der Waals surface area contributed by atoms with Crippen molar-refractivity contribution in [2.75, 3.05) is 13.6 Å². The maximum absolute atomic E-state index is 12.2. The number of carbonyl (C=O) groups is 2. The van der Waals surface area contributed by atoms with Crippen LogP contribution in [0.2, 0.25) is 0 Å². The molecule has 0 aromatic carbocycles. The van der Waals surface area contributed by atoms with Crippen molar-refractivity contribution in [3.63, 3.8) is 0 Å². The van der Waals surface area contributed by atoms with Crippen molar-refractivity contribution in [2.24, 2.45) is 5.92 Å². The lowest BCUT2D eigenvalue weighted by Crippen LogP contribution is -2.43. The van der Waals surface area contributed by atoms with Crippen LogP contribution in [-0.4, -0.2) is 46.5 Å². The third kappa shape index (κ3) is 2.81. The van der Waals surface area contributed by atoms with Gasteiger partial charge in [0.2, 0.25) is 11.8 Å². The van der Waals surface area contributed by atoms with E-state index >= 15 is 0 Å². The van der Waals surface area contributed by atoms with E-state index in [1.54, 1.807) is 18.0 Å². The van der Waals surface area contributed by atoms with Crippen molar-refractivity contribution < 1.29 is 9.59 Å². The van der Waals surface area contributed by atoms with Crippen molar-refractivity contribution in [1.29, 1.82) is 0 Å². The molecule has 1 aliphatic heterocycles. The predicted molar refractivity (Wildman–Crippen MR) is 74.6 cm³/mol. The predicted octanol–water partition coefficient (Wildman–Crippen LogP) is -0.778. The number of aromatic amines is 1. The summed E-state index contributed by atoms with van der Waals surface area (Å²) in [6.07, 6.45) is 2.44. The number of aromatic nitrogens is 2. The Kier molecular flexibility index (Phi) is 3.48. The first kappa shape index (κ1) is 13.8. The van der Waals surface area contributed by atoms with Gasteiger partial charge in [0.1, 0.15) is 0 Å². The highest BCUT2D eigenvalue weighted by atomic mass is 16.2. The van der Waals surface area contributed by atoms with Crippen LogP contribution in [-0.2, 0) is 22.4 Å². The van der Waals surface area contributed by atoms with E-state index in [1.807, 2.05) is 0 Å². The number of carbonyl (C=O) groups excluding carboxylic acids is 2. The molecule has 2 heterocycles. The number of fused-ring (bicyclic) bond motifs is 1. The largest absolute Gasteiger partial charge is 0.353 e. The number of nitrogens with zero attached hydrogens (tertiary/aromatic N) is 2. The molecule has 0 spiro atoms. The zero-order valence-electron chi connectivity index (χ0n) is 11.9. The molecule has 3 rings (SSSR count). The van der Waals surface area contributed by atoms with Gasteiger partial charge in [-0.05, 0) is 24.8 Å². The van der Waals surface area contributed by atoms with Crippen LogP contribution in [0.1, 0.15) is 24.1 Å². The molecule has 2 amide bonds. The number of H-pyrrole nitrogens is 1. The Balaban J connectivity index is 1.63. The topological polar surface area (TPSA) is 95.2 Å². The van der Waals surface area contributed by atoms with Crippen LogP contribution in [0.15, 0.2) is 10.9 Å². The summed E-state index contributed by atoms with van der Waals surface area (Å²) in [4.78, 5) is 36.6. The molecule has 2 unspecified atom stereocenters. The van der Waals surface area contributed by atoms with Gasteiger partial charge in [0.05, 0.1) is 11.6 Å². The number of rotatable bonds is 2. The Morgan fingerprint density at radius 1 is 1.43 bits per heavy atom. The van der Waals surface area contributed by atoms with Gasteiger partial charge < -0.3 is 10.2 Å². The number of hydrogen-bond donors (Lipinski definition) is 2. The van der Waals surface area contributed by atoms with Crippen molar-refractivity contribution in [3.05, 3.63) is 27.7 Å². The monoisotopic (exact) mass is 290 g/mol. The standard InChI is InChI=1S/C14H18N4O3/c1-18-7-9(6-13(18)20)14(21)15-10-2-3-11-8(4-10)5-12(19)17-16-11/h5,9-10H,2-4,6-7H2,1H3,(H,15,21)(H,17,19).